The van der Waals surface area contributed by atoms with Gasteiger partial charge >= 0.3 is 12.0 Å². The molecule has 0 radical (unpaired) electrons. The summed E-state index contributed by atoms with van der Waals surface area (Å²) in [6, 6.07) is 12.4. The second-order valence-corrected chi connectivity index (χ2v) is 8.05. The van der Waals surface area contributed by atoms with Gasteiger partial charge in [-0.1, -0.05) is 26.0 Å². The maximum Gasteiger partial charge on any atom is 0.333 e. The van der Waals surface area contributed by atoms with Crippen LogP contribution in [0.1, 0.15) is 26.3 Å². The van der Waals surface area contributed by atoms with Gasteiger partial charge in [0.05, 0.1) is 11.5 Å². The first kappa shape index (κ1) is 26.6. The summed E-state index contributed by atoms with van der Waals surface area (Å²) in [4.78, 5) is 35.9. The van der Waals surface area contributed by atoms with E-state index in [1.54, 1.807) is 36.1 Å². The number of hydrogen-bond donors (Lipinski definition) is 2. The van der Waals surface area contributed by atoms with Crippen LogP contribution in [-0.2, 0) is 16.0 Å². The number of carboxylic acids is 1. The van der Waals surface area contributed by atoms with Crippen LogP contribution in [0.25, 0.3) is 0 Å². The number of anilines is 1. The Balaban J connectivity index is 1.91. The van der Waals surface area contributed by atoms with Crippen LogP contribution in [0.5, 0.6) is 5.75 Å². The van der Waals surface area contributed by atoms with Gasteiger partial charge in [-0.2, -0.15) is 0 Å². The van der Waals surface area contributed by atoms with E-state index in [1.165, 1.54) is 24.3 Å². The highest BCUT2D eigenvalue weighted by atomic mass is 16.6. The second kappa shape index (κ2) is 13.1. The number of carboxylic acid groups (broad SMARTS) is 1. The number of benzene rings is 2. The van der Waals surface area contributed by atoms with Crippen LogP contribution in [-0.4, -0.2) is 59.3 Å². The van der Waals surface area contributed by atoms with E-state index in [9.17, 15) is 24.8 Å². The minimum atomic E-state index is -1.00. The molecule has 0 aromatic heterocycles. The Labute approximate surface area is 198 Å². The lowest BCUT2D eigenvalue weighted by Gasteiger charge is -2.25. The van der Waals surface area contributed by atoms with Crippen molar-refractivity contribution >= 4 is 23.4 Å². The molecule has 1 unspecified atom stereocenters. The lowest BCUT2D eigenvalue weighted by molar-refractivity contribution is -0.384. The van der Waals surface area contributed by atoms with E-state index in [2.05, 4.69) is 5.32 Å². The molecule has 0 aliphatic heterocycles. The molecule has 0 fully saturated rings. The summed E-state index contributed by atoms with van der Waals surface area (Å²) >= 11 is 0. The molecule has 0 aliphatic carbocycles. The Bertz CT molecular complexity index is 946. The van der Waals surface area contributed by atoms with Gasteiger partial charge in [-0.05, 0) is 42.7 Å². The van der Waals surface area contributed by atoms with Crippen LogP contribution in [0, 0.1) is 16.0 Å². The highest BCUT2D eigenvalue weighted by Crippen LogP contribution is 2.17. The molecule has 34 heavy (non-hydrogen) atoms. The van der Waals surface area contributed by atoms with Gasteiger partial charge in [0.15, 0.2) is 6.10 Å². The molecule has 2 aromatic carbocycles. The lowest BCUT2D eigenvalue weighted by Crippen LogP contribution is -2.40. The first-order valence-electron chi connectivity index (χ1n) is 11.1. The number of non-ortho nitro benzene ring substituents is 1. The number of carbonyl (C=O) groups excluding carboxylic acids is 1. The van der Waals surface area contributed by atoms with Crippen molar-refractivity contribution in [1.29, 1.82) is 0 Å². The van der Waals surface area contributed by atoms with Crippen LogP contribution in [0.15, 0.2) is 48.5 Å². The van der Waals surface area contributed by atoms with Gasteiger partial charge < -0.3 is 24.8 Å². The first-order chi connectivity index (χ1) is 16.2. The number of carbonyl (C=O) groups is 2. The molecule has 0 heterocycles. The van der Waals surface area contributed by atoms with Gasteiger partial charge in [0.2, 0.25) is 0 Å². The second-order valence-electron chi connectivity index (χ2n) is 8.05. The molecule has 0 aliphatic rings. The largest absolute Gasteiger partial charge is 0.492 e. The van der Waals surface area contributed by atoms with Crippen molar-refractivity contribution in [3.63, 3.8) is 0 Å². The van der Waals surface area contributed by atoms with E-state index in [0.717, 1.165) is 5.56 Å². The Morgan fingerprint density at radius 2 is 1.76 bits per heavy atom. The van der Waals surface area contributed by atoms with Gasteiger partial charge in [0.1, 0.15) is 12.4 Å². The van der Waals surface area contributed by atoms with Gasteiger partial charge in [-0.25, -0.2) is 9.59 Å². The summed E-state index contributed by atoms with van der Waals surface area (Å²) in [5.74, 6) is -0.166. The number of ether oxygens (including phenoxy) is 2. The van der Waals surface area contributed by atoms with E-state index in [1.807, 2.05) is 13.8 Å². The lowest BCUT2D eigenvalue weighted by atomic mass is 10.1. The zero-order chi connectivity index (χ0) is 25.1. The Morgan fingerprint density at radius 1 is 1.12 bits per heavy atom. The molecule has 2 N–H and O–H groups in total. The van der Waals surface area contributed by atoms with Crippen molar-refractivity contribution in [2.75, 3.05) is 31.6 Å². The van der Waals surface area contributed by atoms with Crippen molar-refractivity contribution in [2.24, 2.45) is 5.92 Å². The molecule has 1 atom stereocenters. The van der Waals surface area contributed by atoms with Crippen molar-refractivity contribution < 1.29 is 29.1 Å². The number of nitrogens with one attached hydrogen (secondary N) is 1. The maximum absolute atomic E-state index is 12.7. The molecular formula is C24H31N3O7. The predicted molar refractivity (Wildman–Crippen MR) is 127 cm³/mol. The number of nitrogens with zero attached hydrogens (tertiary/aromatic N) is 2. The Hall–Kier alpha value is -3.66. The summed E-state index contributed by atoms with van der Waals surface area (Å²) in [6.45, 7) is 7.18. The van der Waals surface area contributed by atoms with Crippen LogP contribution in [0.3, 0.4) is 0 Å². The summed E-state index contributed by atoms with van der Waals surface area (Å²) in [7, 11) is 0. The topological polar surface area (TPSA) is 131 Å². The highest BCUT2D eigenvalue weighted by molar-refractivity contribution is 5.89. The summed E-state index contributed by atoms with van der Waals surface area (Å²) in [6.07, 6.45) is -0.635. The number of nitro groups is 1. The average Bonchev–Trinajstić information content (AvgIpc) is 2.79. The number of aliphatic carboxylic acids is 1. The molecule has 2 rings (SSSR count). The number of rotatable bonds is 13. The third-order valence-electron chi connectivity index (χ3n) is 4.82. The van der Waals surface area contributed by atoms with Crippen molar-refractivity contribution in [1.82, 2.24) is 4.90 Å². The smallest absolute Gasteiger partial charge is 0.333 e. The molecule has 0 bridgehead atoms. The zero-order valence-electron chi connectivity index (χ0n) is 19.6. The molecule has 0 spiro atoms. The van der Waals surface area contributed by atoms with Crippen molar-refractivity contribution in [3.8, 4) is 5.75 Å². The number of hydrogen-bond acceptors (Lipinski definition) is 6. The third kappa shape index (κ3) is 8.70. The summed E-state index contributed by atoms with van der Waals surface area (Å²) in [5, 5.41) is 22.8. The fraction of sp³-hybridized carbons (Fsp3) is 0.417. The maximum atomic E-state index is 12.7. The normalized spacial score (nSPS) is 11.6. The van der Waals surface area contributed by atoms with Gasteiger partial charge in [0, 0.05) is 37.4 Å². The molecule has 2 amide bonds. The molecule has 2 aromatic rings. The molecule has 0 saturated carbocycles. The number of nitro benzene ring substituents is 1. The van der Waals surface area contributed by atoms with E-state index < -0.39 is 17.0 Å². The first-order valence-corrected chi connectivity index (χ1v) is 11.1. The fourth-order valence-corrected chi connectivity index (χ4v) is 3.21. The van der Waals surface area contributed by atoms with Gasteiger partial charge in [-0.15, -0.1) is 0 Å². The minimum absolute atomic E-state index is 0.0483. The average molecular weight is 474 g/mol. The number of amides is 2. The zero-order valence-corrected chi connectivity index (χ0v) is 19.6. The third-order valence-corrected chi connectivity index (χ3v) is 4.82. The van der Waals surface area contributed by atoms with E-state index in [-0.39, 0.29) is 30.7 Å². The molecule has 184 valence electrons. The summed E-state index contributed by atoms with van der Waals surface area (Å²) < 4.78 is 11.0. The fourth-order valence-electron chi connectivity index (χ4n) is 3.21. The quantitative estimate of drug-likeness (QED) is 0.329. The van der Waals surface area contributed by atoms with Gasteiger partial charge in [-0.3, -0.25) is 10.1 Å². The van der Waals surface area contributed by atoms with Crippen LogP contribution in [0.4, 0.5) is 16.2 Å². The molecule has 0 saturated heterocycles. The Kier molecular flexibility index (Phi) is 10.3. The standard InChI is InChI=1S/C24H31N3O7/c1-4-33-22(23(28)29)15-18-5-11-21(12-6-18)34-14-13-26(16-17(2)3)24(30)25-19-7-9-20(10-8-19)27(31)32/h5-12,17,22H,4,13-16H2,1-3H3,(H,25,30)(H,28,29). The molecule has 10 nitrogen and oxygen atoms in total. The molecule has 10 heteroatoms. The monoisotopic (exact) mass is 473 g/mol. The van der Waals surface area contributed by atoms with Crippen LogP contribution >= 0.6 is 0 Å². The highest BCUT2D eigenvalue weighted by Gasteiger charge is 2.18. The van der Waals surface area contributed by atoms with E-state index in [4.69, 9.17) is 9.47 Å². The minimum Gasteiger partial charge on any atom is -0.492 e. The SMILES string of the molecule is CCOC(Cc1ccc(OCCN(CC(C)C)C(=O)Nc2ccc([N+](=O)[O-])cc2)cc1)C(=O)O. The van der Waals surface area contributed by atoms with Crippen LogP contribution in [0.2, 0.25) is 0 Å². The summed E-state index contributed by atoms with van der Waals surface area (Å²) in [5.41, 5.74) is 1.23. The number of urea groups is 1. The van der Waals surface area contributed by atoms with Gasteiger partial charge in [0.25, 0.3) is 5.69 Å². The van der Waals surface area contributed by atoms with Crippen molar-refractivity contribution in [2.45, 2.75) is 33.3 Å². The Morgan fingerprint density at radius 3 is 2.29 bits per heavy atom. The van der Waals surface area contributed by atoms with Crippen LogP contribution < -0.4 is 10.1 Å². The van der Waals surface area contributed by atoms with Crippen molar-refractivity contribution in [3.05, 3.63) is 64.2 Å². The van der Waals surface area contributed by atoms with E-state index >= 15 is 0 Å². The molecular weight excluding hydrogens is 442 g/mol. The predicted octanol–water partition coefficient (Wildman–Crippen LogP) is 4.20. The van der Waals surface area contributed by atoms with E-state index in [0.29, 0.717) is 31.1 Å².